The predicted molar refractivity (Wildman–Crippen MR) is 111 cm³/mol. The molecule has 0 aliphatic heterocycles. The van der Waals surface area contributed by atoms with Crippen LogP contribution in [0.3, 0.4) is 0 Å². The van der Waals surface area contributed by atoms with Crippen LogP contribution in [0.4, 0.5) is 0 Å². The molecule has 0 bridgehead atoms. The van der Waals surface area contributed by atoms with E-state index in [-0.39, 0.29) is 0 Å². The van der Waals surface area contributed by atoms with Crippen LogP contribution in [0.5, 0.6) is 11.5 Å². The van der Waals surface area contributed by atoms with Crippen molar-refractivity contribution in [3.8, 4) is 17.2 Å². The number of aromatic nitrogens is 4. The van der Waals surface area contributed by atoms with Crippen LogP contribution in [0.15, 0.2) is 46.2 Å². The Bertz CT molecular complexity index is 1380. The second kappa shape index (κ2) is 6.63. The number of hydrogen-bond acceptors (Lipinski definition) is 4. The molecule has 0 amide bonds. The zero-order valence-electron chi connectivity index (χ0n) is 15.6. The molecule has 4 aromatic rings. The fourth-order valence-corrected chi connectivity index (χ4v) is 4.19. The number of ether oxygens (including phenoxy) is 1. The van der Waals surface area contributed by atoms with Crippen molar-refractivity contribution in [2.24, 2.45) is 0 Å². The molecule has 0 saturated carbocycles. The van der Waals surface area contributed by atoms with Crippen molar-refractivity contribution in [3.05, 3.63) is 79.2 Å². The van der Waals surface area contributed by atoms with Gasteiger partial charge in [0.15, 0.2) is 0 Å². The lowest BCUT2D eigenvalue weighted by Crippen LogP contribution is -2.30. The third-order valence-electron chi connectivity index (χ3n) is 5.30. The monoisotopic (exact) mass is 408 g/mol. The highest BCUT2D eigenvalue weighted by Crippen LogP contribution is 2.42. The van der Waals surface area contributed by atoms with Crippen molar-refractivity contribution in [1.29, 1.82) is 0 Å². The molecular weight excluding hydrogens is 392 g/mol. The summed E-state index contributed by atoms with van der Waals surface area (Å²) in [7, 11) is 0. The molecule has 8 heteroatoms. The van der Waals surface area contributed by atoms with Crippen LogP contribution >= 0.6 is 11.6 Å². The topological polar surface area (TPSA) is 92.8 Å². The Kier molecular flexibility index (Phi) is 4.06. The lowest BCUT2D eigenvalue weighted by atomic mass is 10.1. The van der Waals surface area contributed by atoms with E-state index in [2.05, 4.69) is 15.1 Å². The second-order valence-corrected chi connectivity index (χ2v) is 7.56. The summed E-state index contributed by atoms with van der Waals surface area (Å²) in [5, 5.41) is 5.46. The van der Waals surface area contributed by atoms with Crippen LogP contribution in [0, 0.1) is 6.92 Å². The summed E-state index contributed by atoms with van der Waals surface area (Å²) in [5.41, 5.74) is 3.57. The van der Waals surface area contributed by atoms with Gasteiger partial charge in [-0.2, -0.15) is 9.78 Å². The van der Waals surface area contributed by atoms with Gasteiger partial charge in [0, 0.05) is 22.7 Å². The van der Waals surface area contributed by atoms with E-state index in [4.69, 9.17) is 16.3 Å². The number of fused-ring (bicyclic) bond motifs is 2. The van der Waals surface area contributed by atoms with Crippen molar-refractivity contribution in [2.45, 2.75) is 26.2 Å². The van der Waals surface area contributed by atoms with Gasteiger partial charge in [-0.25, -0.2) is 4.79 Å². The number of benzene rings is 2. The molecule has 2 heterocycles. The quantitative estimate of drug-likeness (QED) is 0.541. The molecule has 1 aliphatic carbocycles. The first-order valence-electron chi connectivity index (χ1n) is 9.30. The van der Waals surface area contributed by atoms with E-state index >= 15 is 0 Å². The Labute approximate surface area is 169 Å². The Balaban J connectivity index is 1.63. The molecule has 146 valence electrons. The first kappa shape index (κ1) is 17.8. The van der Waals surface area contributed by atoms with E-state index in [1.807, 2.05) is 31.3 Å². The summed E-state index contributed by atoms with van der Waals surface area (Å²) < 4.78 is 7.39. The first-order valence-corrected chi connectivity index (χ1v) is 9.68. The molecule has 1 aliphatic rings. The molecule has 2 N–H and O–H groups in total. The molecule has 0 spiro atoms. The number of aryl methyl sites for hydroxylation is 1. The maximum absolute atomic E-state index is 12.2. The zero-order valence-corrected chi connectivity index (χ0v) is 16.3. The largest absolute Gasteiger partial charge is 0.455 e. The molecule has 5 rings (SSSR count). The van der Waals surface area contributed by atoms with E-state index in [0.29, 0.717) is 22.2 Å². The molecule has 2 aromatic carbocycles. The number of hydrogen-bond donors (Lipinski definition) is 2. The number of nitrogens with one attached hydrogen (secondary N) is 2. The lowest BCUT2D eigenvalue weighted by Gasteiger charge is -2.16. The van der Waals surface area contributed by atoms with Gasteiger partial charge in [0.1, 0.15) is 17.7 Å². The van der Waals surface area contributed by atoms with Gasteiger partial charge in [-0.15, -0.1) is 0 Å². The Morgan fingerprint density at radius 2 is 2.00 bits per heavy atom. The van der Waals surface area contributed by atoms with Gasteiger partial charge in [-0.1, -0.05) is 11.6 Å². The number of H-pyrrole nitrogens is 2. The maximum Gasteiger partial charge on any atom is 0.349 e. The van der Waals surface area contributed by atoms with Gasteiger partial charge < -0.3 is 9.72 Å². The minimum Gasteiger partial charge on any atom is -0.455 e. The molecule has 0 atom stereocenters. The van der Waals surface area contributed by atoms with Crippen molar-refractivity contribution in [3.63, 3.8) is 0 Å². The van der Waals surface area contributed by atoms with Gasteiger partial charge in [0.25, 0.3) is 5.56 Å². The summed E-state index contributed by atoms with van der Waals surface area (Å²) >= 11 is 6.58. The number of rotatable bonds is 3. The van der Waals surface area contributed by atoms with Crippen molar-refractivity contribution >= 4 is 22.5 Å². The van der Waals surface area contributed by atoms with Crippen molar-refractivity contribution in [1.82, 2.24) is 19.7 Å². The Hall–Kier alpha value is -3.32. The smallest absolute Gasteiger partial charge is 0.349 e. The van der Waals surface area contributed by atoms with Gasteiger partial charge in [0.05, 0.1) is 10.7 Å². The van der Waals surface area contributed by atoms with E-state index in [9.17, 15) is 9.59 Å². The van der Waals surface area contributed by atoms with Crippen LogP contribution in [0.1, 0.15) is 23.1 Å². The molecule has 2 aromatic heterocycles. The van der Waals surface area contributed by atoms with E-state index in [1.165, 1.54) is 4.68 Å². The van der Waals surface area contributed by atoms with Crippen molar-refractivity contribution in [2.75, 3.05) is 0 Å². The molecule has 0 saturated heterocycles. The molecule has 29 heavy (non-hydrogen) atoms. The maximum atomic E-state index is 12.2. The fourth-order valence-electron chi connectivity index (χ4n) is 3.94. The van der Waals surface area contributed by atoms with Gasteiger partial charge >= 0.3 is 5.69 Å². The molecule has 7 nitrogen and oxygen atoms in total. The van der Waals surface area contributed by atoms with Crippen LogP contribution < -0.4 is 16.0 Å². The normalized spacial score (nSPS) is 13.0. The number of nitrogens with zero attached hydrogens (tertiary/aromatic N) is 2. The third kappa shape index (κ3) is 2.94. The first-order chi connectivity index (χ1) is 14.0. The zero-order chi connectivity index (χ0) is 20.1. The summed E-state index contributed by atoms with van der Waals surface area (Å²) in [5.74, 6) is 1.30. The molecule has 0 fully saturated rings. The molecule has 0 radical (unpaired) electrons. The minimum absolute atomic E-state index is 0.395. The molecule has 0 unspecified atom stereocenters. The van der Waals surface area contributed by atoms with E-state index in [0.717, 1.165) is 53.1 Å². The van der Waals surface area contributed by atoms with Crippen LogP contribution in [0.2, 0.25) is 5.02 Å². The average molecular weight is 409 g/mol. The highest BCUT2D eigenvalue weighted by atomic mass is 35.5. The van der Waals surface area contributed by atoms with Crippen LogP contribution in [0.25, 0.3) is 16.6 Å². The Morgan fingerprint density at radius 1 is 1.17 bits per heavy atom. The van der Waals surface area contributed by atoms with E-state index < -0.39 is 11.2 Å². The summed E-state index contributed by atoms with van der Waals surface area (Å²) in [4.78, 5) is 29.0. The highest BCUT2D eigenvalue weighted by Gasteiger charge is 2.25. The van der Waals surface area contributed by atoms with Crippen LogP contribution in [-0.2, 0) is 12.8 Å². The fraction of sp³-hybridized carbons (Fsp3) is 0.190. The molecular formula is C21H17ClN4O3. The minimum atomic E-state index is -0.593. The van der Waals surface area contributed by atoms with Gasteiger partial charge in [-0.05, 0) is 61.6 Å². The standard InChI is InChI=1S/C21H17ClN4O3/c1-11-9-23-17-6-5-12(7-15(11)17)29-20-14-4-2-3-13(14)18(8-16(20)22)26-21(28)25-19(27)10-24-26/h5-10,23H,2-4H2,1H3,(H,25,27,28). The predicted octanol–water partition coefficient (Wildman–Crippen LogP) is 3.64. The highest BCUT2D eigenvalue weighted by molar-refractivity contribution is 6.32. The third-order valence-corrected chi connectivity index (χ3v) is 5.58. The number of halogens is 1. The van der Waals surface area contributed by atoms with Gasteiger partial charge in [-0.3, -0.25) is 9.78 Å². The SMILES string of the molecule is Cc1c[nH]c2ccc(Oc3c(Cl)cc(-n4ncc(=O)[nH]c4=O)c4c3CCC4)cc12. The lowest BCUT2D eigenvalue weighted by molar-refractivity contribution is 0.478. The number of aromatic amines is 2. The van der Waals surface area contributed by atoms with Crippen molar-refractivity contribution < 1.29 is 4.74 Å². The summed E-state index contributed by atoms with van der Waals surface area (Å²) in [6.07, 6.45) is 5.54. The average Bonchev–Trinajstić information content (AvgIpc) is 3.32. The summed E-state index contributed by atoms with van der Waals surface area (Å²) in [6, 6.07) is 7.54. The van der Waals surface area contributed by atoms with Crippen LogP contribution in [-0.4, -0.2) is 19.7 Å². The summed E-state index contributed by atoms with van der Waals surface area (Å²) in [6.45, 7) is 2.04. The second-order valence-electron chi connectivity index (χ2n) is 7.15. The Morgan fingerprint density at radius 3 is 2.83 bits per heavy atom. The van der Waals surface area contributed by atoms with Gasteiger partial charge in [0.2, 0.25) is 0 Å². The van der Waals surface area contributed by atoms with E-state index in [1.54, 1.807) is 6.07 Å².